The van der Waals surface area contributed by atoms with Gasteiger partial charge in [0.25, 0.3) is 5.91 Å². The molecule has 0 bridgehead atoms. The Morgan fingerprint density at radius 3 is 2.78 bits per heavy atom. The summed E-state index contributed by atoms with van der Waals surface area (Å²) in [5, 5.41) is 4.19. The normalized spacial score (nSPS) is 17.6. The topological polar surface area (TPSA) is 53.7 Å². The van der Waals surface area contributed by atoms with Gasteiger partial charge in [-0.05, 0) is 14.0 Å². The SMILES string of the molecule is Cc1nc2scnn2c1C(=O)N1CCN(C)CC1. The Morgan fingerprint density at radius 2 is 2.06 bits per heavy atom. The van der Waals surface area contributed by atoms with Gasteiger partial charge in [0.05, 0.1) is 5.69 Å². The highest BCUT2D eigenvalue weighted by atomic mass is 32.1. The monoisotopic (exact) mass is 265 g/mol. The largest absolute Gasteiger partial charge is 0.335 e. The van der Waals surface area contributed by atoms with Crippen molar-refractivity contribution >= 4 is 22.2 Å². The summed E-state index contributed by atoms with van der Waals surface area (Å²) < 4.78 is 1.65. The van der Waals surface area contributed by atoms with E-state index in [9.17, 15) is 4.79 Å². The van der Waals surface area contributed by atoms with E-state index in [1.165, 1.54) is 11.3 Å². The van der Waals surface area contributed by atoms with Crippen LogP contribution in [-0.2, 0) is 0 Å². The van der Waals surface area contributed by atoms with E-state index in [2.05, 4.69) is 22.0 Å². The van der Waals surface area contributed by atoms with Gasteiger partial charge < -0.3 is 9.80 Å². The maximum absolute atomic E-state index is 12.5. The summed E-state index contributed by atoms with van der Waals surface area (Å²) in [7, 11) is 2.07. The summed E-state index contributed by atoms with van der Waals surface area (Å²) in [5.41, 5.74) is 3.08. The number of aryl methyl sites for hydroxylation is 1. The molecule has 2 aromatic rings. The first-order valence-corrected chi connectivity index (χ1v) is 6.81. The average Bonchev–Trinajstić information content (AvgIpc) is 2.89. The minimum absolute atomic E-state index is 0.0407. The van der Waals surface area contributed by atoms with E-state index in [0.717, 1.165) is 36.8 Å². The van der Waals surface area contributed by atoms with Gasteiger partial charge in [-0.25, -0.2) is 4.98 Å². The van der Waals surface area contributed by atoms with Crippen LogP contribution in [0.3, 0.4) is 0 Å². The van der Waals surface area contributed by atoms with Crippen molar-refractivity contribution in [1.82, 2.24) is 24.4 Å². The molecule has 1 aliphatic rings. The predicted molar refractivity (Wildman–Crippen MR) is 69.0 cm³/mol. The summed E-state index contributed by atoms with van der Waals surface area (Å²) in [6.07, 6.45) is 0. The lowest BCUT2D eigenvalue weighted by molar-refractivity contribution is 0.0655. The van der Waals surface area contributed by atoms with Gasteiger partial charge in [0, 0.05) is 26.2 Å². The van der Waals surface area contributed by atoms with Crippen molar-refractivity contribution in [2.75, 3.05) is 33.2 Å². The molecule has 0 aromatic carbocycles. The minimum Gasteiger partial charge on any atom is -0.335 e. The summed E-state index contributed by atoms with van der Waals surface area (Å²) in [6, 6.07) is 0. The maximum atomic E-state index is 12.5. The van der Waals surface area contributed by atoms with Crippen molar-refractivity contribution in [2.45, 2.75) is 6.92 Å². The van der Waals surface area contributed by atoms with Crippen LogP contribution in [0.15, 0.2) is 5.51 Å². The van der Waals surface area contributed by atoms with Crippen LogP contribution in [0.5, 0.6) is 0 Å². The van der Waals surface area contributed by atoms with Gasteiger partial charge in [-0.3, -0.25) is 4.79 Å². The Labute approximate surface area is 109 Å². The summed E-state index contributed by atoms with van der Waals surface area (Å²) in [5.74, 6) is 0.0407. The highest BCUT2D eigenvalue weighted by molar-refractivity contribution is 7.14. The summed E-state index contributed by atoms with van der Waals surface area (Å²) in [6.45, 7) is 5.25. The molecule has 0 unspecified atom stereocenters. The second-order valence-corrected chi connectivity index (χ2v) is 5.39. The molecule has 1 fully saturated rings. The van der Waals surface area contributed by atoms with E-state index >= 15 is 0 Å². The molecule has 0 spiro atoms. The van der Waals surface area contributed by atoms with Gasteiger partial charge in [-0.2, -0.15) is 9.61 Å². The van der Waals surface area contributed by atoms with Crippen LogP contribution in [0.1, 0.15) is 16.2 Å². The van der Waals surface area contributed by atoms with Gasteiger partial charge in [0.15, 0.2) is 5.69 Å². The number of piperazine rings is 1. The molecule has 0 N–H and O–H groups in total. The quantitative estimate of drug-likeness (QED) is 0.753. The number of imidazole rings is 1. The Balaban J connectivity index is 1.92. The number of rotatable bonds is 1. The van der Waals surface area contributed by atoms with Crippen LogP contribution in [0.2, 0.25) is 0 Å². The first-order valence-electron chi connectivity index (χ1n) is 5.93. The number of amides is 1. The fourth-order valence-electron chi connectivity index (χ4n) is 2.20. The Hall–Kier alpha value is -1.47. The number of fused-ring (bicyclic) bond motifs is 1. The third-order valence-corrected chi connectivity index (χ3v) is 3.99. The fourth-order valence-corrected chi connectivity index (χ4v) is 2.86. The Morgan fingerprint density at radius 1 is 1.33 bits per heavy atom. The lowest BCUT2D eigenvalue weighted by Crippen LogP contribution is -2.47. The van der Waals surface area contributed by atoms with E-state index in [0.29, 0.717) is 5.69 Å². The molecule has 1 amide bonds. The third kappa shape index (κ3) is 1.79. The van der Waals surface area contributed by atoms with Gasteiger partial charge >= 0.3 is 0 Å². The van der Waals surface area contributed by atoms with E-state index < -0.39 is 0 Å². The number of hydrogen-bond donors (Lipinski definition) is 0. The highest BCUT2D eigenvalue weighted by Gasteiger charge is 2.25. The maximum Gasteiger partial charge on any atom is 0.274 e. The van der Waals surface area contributed by atoms with Gasteiger partial charge in [-0.1, -0.05) is 11.3 Å². The van der Waals surface area contributed by atoms with Crippen LogP contribution in [0, 0.1) is 6.92 Å². The van der Waals surface area contributed by atoms with Crippen molar-refractivity contribution in [2.24, 2.45) is 0 Å². The zero-order valence-electron chi connectivity index (χ0n) is 10.5. The van der Waals surface area contributed by atoms with E-state index in [1.807, 2.05) is 11.8 Å². The molecule has 0 radical (unpaired) electrons. The molecule has 3 rings (SSSR count). The number of likely N-dealkylation sites (N-methyl/N-ethyl adjacent to an activating group) is 1. The molecule has 3 heterocycles. The zero-order chi connectivity index (χ0) is 12.7. The number of carbonyl (C=O) groups excluding carboxylic acids is 1. The van der Waals surface area contributed by atoms with Gasteiger partial charge in [0.1, 0.15) is 5.51 Å². The molecule has 2 aromatic heterocycles. The highest BCUT2D eigenvalue weighted by Crippen LogP contribution is 2.17. The van der Waals surface area contributed by atoms with Crippen molar-refractivity contribution < 1.29 is 4.79 Å². The molecular formula is C11H15N5OS. The van der Waals surface area contributed by atoms with Crippen molar-refractivity contribution in [1.29, 1.82) is 0 Å². The van der Waals surface area contributed by atoms with Crippen LogP contribution in [0.4, 0.5) is 0 Å². The van der Waals surface area contributed by atoms with E-state index in [1.54, 1.807) is 10.0 Å². The average molecular weight is 265 g/mol. The molecule has 6 nitrogen and oxygen atoms in total. The van der Waals surface area contributed by atoms with Crippen LogP contribution < -0.4 is 0 Å². The van der Waals surface area contributed by atoms with Gasteiger partial charge in [0.2, 0.25) is 4.96 Å². The number of nitrogens with zero attached hydrogens (tertiary/aromatic N) is 5. The molecule has 18 heavy (non-hydrogen) atoms. The van der Waals surface area contributed by atoms with Gasteiger partial charge in [-0.15, -0.1) is 0 Å². The van der Waals surface area contributed by atoms with Crippen molar-refractivity contribution in [3.8, 4) is 0 Å². The zero-order valence-corrected chi connectivity index (χ0v) is 11.3. The third-order valence-electron chi connectivity index (χ3n) is 3.31. The Bertz CT molecular complexity index is 581. The van der Waals surface area contributed by atoms with Crippen molar-refractivity contribution in [3.63, 3.8) is 0 Å². The fraction of sp³-hybridized carbons (Fsp3) is 0.545. The minimum atomic E-state index is 0.0407. The molecule has 1 aliphatic heterocycles. The number of aromatic nitrogens is 3. The molecule has 0 aliphatic carbocycles. The lowest BCUT2D eigenvalue weighted by atomic mass is 10.2. The first kappa shape index (κ1) is 11.6. The second kappa shape index (κ2) is 4.33. The van der Waals surface area contributed by atoms with Crippen LogP contribution >= 0.6 is 11.3 Å². The Kier molecular flexibility index (Phi) is 2.79. The molecule has 96 valence electrons. The second-order valence-electron chi connectivity index (χ2n) is 4.57. The van der Waals surface area contributed by atoms with E-state index in [4.69, 9.17) is 0 Å². The summed E-state index contributed by atoms with van der Waals surface area (Å²) in [4.78, 5) is 21.8. The molecule has 0 saturated carbocycles. The predicted octanol–water partition coefficient (Wildman–Crippen LogP) is 0.487. The van der Waals surface area contributed by atoms with Crippen molar-refractivity contribution in [3.05, 3.63) is 16.9 Å². The smallest absolute Gasteiger partial charge is 0.274 e. The lowest BCUT2D eigenvalue weighted by Gasteiger charge is -2.32. The van der Waals surface area contributed by atoms with Crippen LogP contribution in [-0.4, -0.2) is 63.5 Å². The molecular weight excluding hydrogens is 250 g/mol. The number of hydrogen-bond acceptors (Lipinski definition) is 5. The number of carbonyl (C=O) groups is 1. The molecule has 0 atom stereocenters. The standard InChI is InChI=1S/C11H15N5OS/c1-8-9(16-11(13-8)18-7-12-16)10(17)15-5-3-14(2)4-6-15/h7H,3-6H2,1-2H3. The van der Waals surface area contributed by atoms with Crippen LogP contribution in [0.25, 0.3) is 4.96 Å². The first-order chi connectivity index (χ1) is 8.66. The molecule has 1 saturated heterocycles. The molecule has 7 heteroatoms. The van der Waals surface area contributed by atoms with E-state index in [-0.39, 0.29) is 5.91 Å². The summed E-state index contributed by atoms with van der Waals surface area (Å²) >= 11 is 1.45.